The van der Waals surface area contributed by atoms with Crippen LogP contribution >= 0.6 is 0 Å². The summed E-state index contributed by atoms with van der Waals surface area (Å²) in [6.45, 7) is 13.3. The molecule has 6 heteroatoms. The fourth-order valence-electron chi connectivity index (χ4n) is 3.43. The van der Waals surface area contributed by atoms with Gasteiger partial charge in [-0.15, -0.1) is 0 Å². The minimum Gasteiger partial charge on any atom is -0.498 e. The minimum atomic E-state index is -0.696. The lowest BCUT2D eigenvalue weighted by atomic mass is 9.72. The molecule has 0 aliphatic carbocycles. The van der Waals surface area contributed by atoms with Gasteiger partial charge in [-0.1, -0.05) is 40.7 Å². The molecular weight excluding hydrogens is 317 g/mol. The number of nitrogens with zero attached hydrogens (tertiary/aromatic N) is 1. The zero-order chi connectivity index (χ0) is 18.7. The molecule has 140 valence electrons. The monoisotopic (exact) mass is 349 g/mol. The first kappa shape index (κ1) is 20.1. The molecule has 1 N–H and O–H groups in total. The first-order valence-electron chi connectivity index (χ1n) is 9.00. The topological polar surface area (TPSA) is 51.2 Å². The zero-order valence-corrected chi connectivity index (χ0v) is 16.5. The van der Waals surface area contributed by atoms with Crippen molar-refractivity contribution in [3.8, 4) is 11.5 Å². The Hall–Kier alpha value is -1.24. The Kier molecular flexibility index (Phi) is 6.41. The van der Waals surface area contributed by atoms with Gasteiger partial charge in [0.15, 0.2) is 0 Å². The highest BCUT2D eigenvalue weighted by molar-refractivity contribution is 6.40. The van der Waals surface area contributed by atoms with E-state index < -0.39 is 7.32 Å². The number of rotatable bonds is 8. The Morgan fingerprint density at radius 2 is 1.76 bits per heavy atom. The molecular formula is C19H32BNO4. The van der Waals surface area contributed by atoms with E-state index in [0.29, 0.717) is 19.7 Å². The molecule has 1 aliphatic rings. The lowest BCUT2D eigenvalue weighted by molar-refractivity contribution is 0.167. The number of likely N-dealkylation sites (N-methyl/N-ethyl adjacent to an activating group) is 1. The van der Waals surface area contributed by atoms with E-state index in [9.17, 15) is 0 Å². The van der Waals surface area contributed by atoms with Crippen molar-refractivity contribution in [1.82, 2.24) is 4.90 Å². The highest BCUT2D eigenvalue weighted by Crippen LogP contribution is 2.41. The number of aliphatic hydroxyl groups is 1. The molecule has 0 saturated heterocycles. The third-order valence-electron chi connectivity index (χ3n) is 4.35. The number of fused-ring (bicyclic) bond motifs is 1. The third kappa shape index (κ3) is 5.91. The van der Waals surface area contributed by atoms with Crippen molar-refractivity contribution in [1.29, 1.82) is 0 Å². The van der Waals surface area contributed by atoms with E-state index in [1.165, 1.54) is 5.56 Å². The van der Waals surface area contributed by atoms with Crippen molar-refractivity contribution in [2.45, 2.75) is 46.5 Å². The normalized spacial score (nSPS) is 14.5. The molecule has 0 unspecified atom stereocenters. The highest BCUT2D eigenvalue weighted by Gasteiger charge is 2.36. The summed E-state index contributed by atoms with van der Waals surface area (Å²) in [6.07, 6.45) is 1.08. The van der Waals surface area contributed by atoms with Gasteiger partial charge in [0.1, 0.15) is 11.5 Å². The van der Waals surface area contributed by atoms with E-state index in [2.05, 4.69) is 46.8 Å². The molecule has 25 heavy (non-hydrogen) atoms. The van der Waals surface area contributed by atoms with Gasteiger partial charge in [-0.3, -0.25) is 0 Å². The number of hydrogen-bond acceptors (Lipinski definition) is 5. The third-order valence-corrected chi connectivity index (χ3v) is 4.35. The summed E-state index contributed by atoms with van der Waals surface area (Å²) in [4.78, 5) is 2.00. The highest BCUT2D eigenvalue weighted by atomic mass is 16.8. The van der Waals surface area contributed by atoms with Crippen LogP contribution in [-0.2, 0) is 10.1 Å². The van der Waals surface area contributed by atoms with E-state index in [-0.39, 0.29) is 17.4 Å². The van der Waals surface area contributed by atoms with Gasteiger partial charge in [-0.25, -0.2) is 0 Å². The first-order chi connectivity index (χ1) is 11.6. The molecule has 1 heterocycles. The SMILES string of the molecule is CN(CCO)CCOB1Oc2ccc(C(C)(C)CC(C)(C)C)cc2O1. The van der Waals surface area contributed by atoms with Gasteiger partial charge >= 0.3 is 7.32 Å². The second-order valence-electron chi connectivity index (χ2n) is 8.70. The molecule has 0 fully saturated rings. The van der Waals surface area contributed by atoms with E-state index in [1.54, 1.807) is 0 Å². The molecule has 1 aromatic rings. The largest absolute Gasteiger partial charge is 0.788 e. The zero-order valence-electron chi connectivity index (χ0n) is 16.5. The Balaban J connectivity index is 1.94. The summed E-state index contributed by atoms with van der Waals surface area (Å²) in [5.41, 5.74) is 1.56. The maximum Gasteiger partial charge on any atom is 0.788 e. The average molecular weight is 349 g/mol. The summed E-state index contributed by atoms with van der Waals surface area (Å²) in [5.74, 6) is 1.47. The van der Waals surface area contributed by atoms with Crippen LogP contribution in [0.5, 0.6) is 11.5 Å². The molecule has 5 nitrogen and oxygen atoms in total. The van der Waals surface area contributed by atoms with Crippen molar-refractivity contribution >= 4 is 7.32 Å². The van der Waals surface area contributed by atoms with Gasteiger partial charge in [0, 0.05) is 19.7 Å². The fourth-order valence-corrected chi connectivity index (χ4v) is 3.43. The summed E-state index contributed by atoms with van der Waals surface area (Å²) in [6, 6.07) is 6.16. The van der Waals surface area contributed by atoms with Crippen molar-refractivity contribution in [2.75, 3.05) is 33.4 Å². The average Bonchev–Trinajstić information content (AvgIpc) is 2.86. The predicted octanol–water partition coefficient (Wildman–Crippen LogP) is 3.10. The maximum absolute atomic E-state index is 8.90. The Labute approximate surface area is 152 Å². The predicted molar refractivity (Wildman–Crippen MR) is 101 cm³/mol. The number of benzene rings is 1. The van der Waals surface area contributed by atoms with Gasteiger partial charge in [-0.2, -0.15) is 0 Å². The van der Waals surface area contributed by atoms with E-state index in [0.717, 1.165) is 17.9 Å². The van der Waals surface area contributed by atoms with Crippen molar-refractivity contribution in [2.24, 2.45) is 5.41 Å². The van der Waals surface area contributed by atoms with Crippen molar-refractivity contribution in [3.05, 3.63) is 23.8 Å². The molecule has 1 aromatic carbocycles. The van der Waals surface area contributed by atoms with Crippen LogP contribution in [0.1, 0.15) is 46.6 Å². The standard InChI is InChI=1S/C19H32BNO4/c1-18(2,3)14-19(4,5)15-7-8-16-17(13-15)25-20(24-16)23-12-10-21(6)9-11-22/h7-8,13,22H,9-12,14H2,1-6H3. The van der Waals surface area contributed by atoms with E-state index in [4.69, 9.17) is 19.1 Å². The molecule has 0 atom stereocenters. The quantitative estimate of drug-likeness (QED) is 0.731. The summed E-state index contributed by atoms with van der Waals surface area (Å²) in [5, 5.41) is 8.90. The van der Waals surface area contributed by atoms with Gasteiger partial charge in [0.05, 0.1) is 6.61 Å². The van der Waals surface area contributed by atoms with Crippen LogP contribution in [0.25, 0.3) is 0 Å². The molecule has 0 saturated carbocycles. The van der Waals surface area contributed by atoms with Gasteiger partial charge < -0.3 is 24.0 Å². The van der Waals surface area contributed by atoms with Crippen LogP contribution in [0.3, 0.4) is 0 Å². The minimum absolute atomic E-state index is 0.0581. The molecule has 1 aliphatic heterocycles. The number of aliphatic hydroxyl groups excluding tert-OH is 1. The summed E-state index contributed by atoms with van der Waals surface area (Å²) < 4.78 is 17.1. The van der Waals surface area contributed by atoms with E-state index in [1.807, 2.05) is 18.0 Å². The van der Waals surface area contributed by atoms with Crippen LogP contribution < -0.4 is 9.31 Å². The van der Waals surface area contributed by atoms with Gasteiger partial charge in [0.25, 0.3) is 0 Å². The summed E-state index contributed by atoms with van der Waals surface area (Å²) in [7, 11) is 1.24. The maximum atomic E-state index is 8.90. The first-order valence-corrected chi connectivity index (χ1v) is 9.00. The van der Waals surface area contributed by atoms with Gasteiger partial charge in [-0.05, 0) is 42.0 Å². The Morgan fingerprint density at radius 1 is 1.08 bits per heavy atom. The molecule has 0 bridgehead atoms. The van der Waals surface area contributed by atoms with Crippen molar-refractivity contribution < 1.29 is 19.1 Å². The Bertz CT molecular complexity index is 571. The van der Waals surface area contributed by atoms with Crippen LogP contribution in [0.15, 0.2) is 18.2 Å². The second-order valence-corrected chi connectivity index (χ2v) is 8.70. The molecule has 0 aromatic heterocycles. The molecule has 0 spiro atoms. The fraction of sp³-hybridized carbons (Fsp3) is 0.684. The molecule has 2 rings (SSSR count). The van der Waals surface area contributed by atoms with Crippen molar-refractivity contribution in [3.63, 3.8) is 0 Å². The lowest BCUT2D eigenvalue weighted by Gasteiger charge is -2.33. The van der Waals surface area contributed by atoms with Crippen LogP contribution in [0.4, 0.5) is 0 Å². The molecule has 0 radical (unpaired) electrons. The smallest absolute Gasteiger partial charge is 0.498 e. The van der Waals surface area contributed by atoms with E-state index >= 15 is 0 Å². The second kappa shape index (κ2) is 7.98. The van der Waals surface area contributed by atoms with Gasteiger partial charge in [0.2, 0.25) is 0 Å². The molecule has 0 amide bonds. The number of hydrogen-bond donors (Lipinski definition) is 1. The summed E-state index contributed by atoms with van der Waals surface area (Å²) >= 11 is 0. The van der Waals surface area contributed by atoms with Crippen LogP contribution in [0, 0.1) is 5.41 Å². The van der Waals surface area contributed by atoms with Crippen LogP contribution in [0.2, 0.25) is 0 Å². The lowest BCUT2D eigenvalue weighted by Crippen LogP contribution is -2.33. The van der Waals surface area contributed by atoms with Crippen LogP contribution in [-0.4, -0.2) is 50.7 Å². The Morgan fingerprint density at radius 3 is 2.40 bits per heavy atom.